The number of rotatable bonds is 35. The van der Waals surface area contributed by atoms with Gasteiger partial charge in [-0.05, 0) is 87.8 Å². The van der Waals surface area contributed by atoms with E-state index in [1.165, 1.54) is 9.80 Å². The molecule has 2 aliphatic rings. The zero-order valence-corrected chi connectivity index (χ0v) is 47.4. The Labute approximate surface area is 483 Å². The summed E-state index contributed by atoms with van der Waals surface area (Å²) in [4.78, 5) is 156. The van der Waals surface area contributed by atoms with E-state index < -0.39 is 119 Å². The van der Waals surface area contributed by atoms with Crippen molar-refractivity contribution in [1.29, 1.82) is 0 Å². The molecule has 0 aliphatic carbocycles. The molecule has 2 heterocycles. The van der Waals surface area contributed by atoms with Gasteiger partial charge in [0.15, 0.2) is 5.96 Å². The van der Waals surface area contributed by atoms with Crippen LogP contribution in [0.3, 0.4) is 0 Å². The highest BCUT2D eigenvalue weighted by atomic mass is 16.4. The number of carboxylic acid groups (broad SMARTS) is 1. The number of aliphatic carboxylic acids is 1. The molecule has 10 atom stereocenters. The second-order valence-electron chi connectivity index (χ2n) is 21.1. The molecule has 0 unspecified atom stereocenters. The summed E-state index contributed by atoms with van der Waals surface area (Å²) < 4.78 is 0. The number of carbonyl (C=O) groups is 11. The quantitative estimate of drug-likeness (QED) is 0.0193. The third kappa shape index (κ3) is 21.9. The Hall–Kier alpha value is -8.20. The molecule has 27 nitrogen and oxygen atoms in total. The number of guanidine groups is 1. The maximum Gasteiger partial charge on any atom is 0.326 e. The molecule has 2 aromatic carbocycles. The van der Waals surface area contributed by atoms with Gasteiger partial charge in [0, 0.05) is 45.3 Å². The number of amides is 10. The van der Waals surface area contributed by atoms with Gasteiger partial charge in [0.05, 0.1) is 6.04 Å². The zero-order chi connectivity index (χ0) is 61.2. The van der Waals surface area contributed by atoms with E-state index in [-0.39, 0.29) is 95.7 Å². The van der Waals surface area contributed by atoms with Gasteiger partial charge in [-0.25, -0.2) is 4.79 Å². The van der Waals surface area contributed by atoms with E-state index in [2.05, 4.69) is 36.9 Å². The van der Waals surface area contributed by atoms with Gasteiger partial charge in [0.1, 0.15) is 48.3 Å². The molecule has 0 saturated carbocycles. The average Bonchev–Trinajstić information content (AvgIpc) is 4.40. The number of aliphatic imine (C=N–C) groups is 1. The van der Waals surface area contributed by atoms with E-state index in [0.717, 1.165) is 0 Å². The summed E-state index contributed by atoms with van der Waals surface area (Å²) in [7, 11) is 0. The number of carbonyl (C=O) groups excluding carboxylic acids is 10. The number of nitrogens with zero attached hydrogens (tertiary/aromatic N) is 3. The van der Waals surface area contributed by atoms with Crippen molar-refractivity contribution >= 4 is 71.0 Å². The predicted molar refractivity (Wildman–Crippen MR) is 306 cm³/mol. The molecular formula is C56H85N15O12. The minimum atomic E-state index is -1.58. The first-order chi connectivity index (χ1) is 39.5. The van der Waals surface area contributed by atoms with E-state index in [1.807, 2.05) is 6.92 Å². The smallest absolute Gasteiger partial charge is 0.326 e. The summed E-state index contributed by atoms with van der Waals surface area (Å²) in [5, 5.41) is 25.9. The molecule has 10 amide bonds. The van der Waals surface area contributed by atoms with Gasteiger partial charge in [0.2, 0.25) is 59.1 Å². The average molecular weight is 1160 g/mol. The van der Waals surface area contributed by atoms with Gasteiger partial charge in [-0.1, -0.05) is 87.4 Å². The van der Waals surface area contributed by atoms with Gasteiger partial charge < -0.3 is 81.2 Å². The maximum atomic E-state index is 14.9. The molecule has 83 heavy (non-hydrogen) atoms. The van der Waals surface area contributed by atoms with Crippen molar-refractivity contribution in [1.82, 2.24) is 41.7 Å². The van der Waals surface area contributed by atoms with Gasteiger partial charge in [-0.3, -0.25) is 52.9 Å². The summed E-state index contributed by atoms with van der Waals surface area (Å²) >= 11 is 0. The largest absolute Gasteiger partial charge is 0.480 e. The monoisotopic (exact) mass is 1160 g/mol. The number of likely N-dealkylation sites (tertiary alicyclic amines) is 2. The van der Waals surface area contributed by atoms with Crippen molar-refractivity contribution in [2.45, 2.75) is 171 Å². The lowest BCUT2D eigenvalue weighted by Crippen LogP contribution is -2.61. The molecular weight excluding hydrogens is 1070 g/mol. The summed E-state index contributed by atoms with van der Waals surface area (Å²) in [6.45, 7) is 4.34. The maximum absolute atomic E-state index is 14.9. The summed E-state index contributed by atoms with van der Waals surface area (Å²) in [6.07, 6.45) is 1.80. The standard InChI is InChI=1S/C56H85N15O12/c1-3-33(2)46(69-47(74)36(58)19-10-11-27-57)52(79)65-38(20-12-28-63-56(61)62)53(80)70-29-13-22-43(70)51(78)67-40(31-34-15-6-4-7-16-34)49(76)68-41(32-35-17-8-5-9-18-35)54(81)71-30-14-21-42(71)50(77)64-37(23-25-44(59)72)48(75)66-39(55(82)83)24-26-45(60)73/h4-9,15-18,33,36-43,46H,3,10-14,19-32,57-58H2,1-2H3,(H2,59,72)(H2,60,73)(H,64,77)(H,65,79)(H,66,75)(H,67,78)(H,68,76)(H,69,74)(H,82,83)(H4,61,62,63)/t33-,36-,37-,38-,39-,40-,41-,42-,43-,46-/m0/s1. The van der Waals surface area contributed by atoms with Gasteiger partial charge >= 0.3 is 5.97 Å². The van der Waals surface area contributed by atoms with E-state index in [9.17, 15) is 57.8 Å². The molecule has 27 heteroatoms. The highest BCUT2D eigenvalue weighted by Crippen LogP contribution is 2.23. The molecule has 4 rings (SSSR count). The number of unbranched alkanes of at least 4 members (excludes halogenated alkanes) is 1. The SMILES string of the molecule is CC[C@H](C)[C@H](NC(=O)[C@@H](N)CCCCN)C(=O)N[C@@H](CCCN=C(N)N)C(=O)N1CCC[C@H]1C(=O)N[C@@H](Cc1ccccc1)C(=O)N[C@@H](Cc1ccccc1)C(=O)N1CCC[C@H]1C(=O)N[C@@H](CCC(N)=O)C(=O)N[C@@H](CCC(N)=O)C(=O)O. The number of hydrogen-bond donors (Lipinski definition) is 13. The Bertz CT molecular complexity index is 2570. The first-order valence-electron chi connectivity index (χ1n) is 28.4. The minimum Gasteiger partial charge on any atom is -0.480 e. The number of nitrogens with two attached hydrogens (primary N) is 6. The third-order valence-corrected chi connectivity index (χ3v) is 14.8. The summed E-state index contributed by atoms with van der Waals surface area (Å²) in [6, 6.07) is 6.22. The fraction of sp³-hybridized carbons (Fsp3) is 0.571. The first kappa shape index (κ1) is 67.3. The van der Waals surface area contributed by atoms with Crippen molar-refractivity contribution in [2.75, 3.05) is 26.2 Å². The van der Waals surface area contributed by atoms with Crippen molar-refractivity contribution in [3.05, 3.63) is 71.8 Å². The lowest BCUT2D eigenvalue weighted by molar-refractivity contribution is -0.144. The molecule has 2 aliphatic heterocycles. The molecule has 0 spiro atoms. The van der Waals surface area contributed by atoms with Crippen LogP contribution < -0.4 is 66.3 Å². The van der Waals surface area contributed by atoms with E-state index in [1.54, 1.807) is 67.6 Å². The molecule has 456 valence electrons. The Morgan fingerprint density at radius 1 is 0.578 bits per heavy atom. The van der Waals surface area contributed by atoms with Crippen molar-refractivity contribution in [3.63, 3.8) is 0 Å². The van der Waals surface area contributed by atoms with Gasteiger partial charge in [-0.15, -0.1) is 0 Å². The first-order valence-corrected chi connectivity index (χ1v) is 28.4. The van der Waals surface area contributed by atoms with Crippen LogP contribution in [0.15, 0.2) is 65.7 Å². The van der Waals surface area contributed by atoms with Crippen LogP contribution in [-0.4, -0.2) is 166 Å². The fourth-order valence-electron chi connectivity index (χ4n) is 9.92. The van der Waals surface area contributed by atoms with Crippen LogP contribution in [0.25, 0.3) is 0 Å². The molecule has 2 fully saturated rings. The second-order valence-corrected chi connectivity index (χ2v) is 21.1. The van der Waals surface area contributed by atoms with Crippen molar-refractivity contribution < 1.29 is 57.8 Å². The van der Waals surface area contributed by atoms with Crippen LogP contribution >= 0.6 is 0 Å². The lowest BCUT2D eigenvalue weighted by Gasteiger charge is -2.32. The summed E-state index contributed by atoms with van der Waals surface area (Å²) in [5.74, 6) is -9.39. The fourth-order valence-corrected chi connectivity index (χ4v) is 9.92. The minimum absolute atomic E-state index is 0.0411. The van der Waals surface area contributed by atoms with Crippen molar-refractivity contribution in [3.8, 4) is 0 Å². The van der Waals surface area contributed by atoms with E-state index in [4.69, 9.17) is 34.4 Å². The van der Waals surface area contributed by atoms with Crippen LogP contribution in [0.4, 0.5) is 0 Å². The molecule has 19 N–H and O–H groups in total. The highest BCUT2D eigenvalue weighted by molar-refractivity contribution is 5.99. The van der Waals surface area contributed by atoms with Crippen LogP contribution in [0, 0.1) is 5.92 Å². The number of hydrogen-bond acceptors (Lipinski definition) is 14. The third-order valence-electron chi connectivity index (χ3n) is 14.8. The molecule has 0 radical (unpaired) electrons. The Balaban J connectivity index is 1.62. The Kier molecular flexibility index (Phi) is 27.8. The molecule has 0 bridgehead atoms. The predicted octanol–water partition coefficient (Wildman–Crippen LogP) is -2.47. The molecule has 2 aromatic rings. The lowest BCUT2D eigenvalue weighted by atomic mass is 9.96. The topological polar surface area (TPSA) is 455 Å². The van der Waals surface area contributed by atoms with E-state index >= 15 is 0 Å². The Morgan fingerprint density at radius 2 is 1.06 bits per heavy atom. The van der Waals surface area contributed by atoms with Gasteiger partial charge in [-0.2, -0.15) is 0 Å². The highest BCUT2D eigenvalue weighted by Gasteiger charge is 2.43. The van der Waals surface area contributed by atoms with Crippen LogP contribution in [0.5, 0.6) is 0 Å². The van der Waals surface area contributed by atoms with E-state index in [0.29, 0.717) is 56.2 Å². The zero-order valence-electron chi connectivity index (χ0n) is 47.4. The number of carboxylic acids is 1. The Morgan fingerprint density at radius 3 is 1.57 bits per heavy atom. The molecule has 2 saturated heterocycles. The van der Waals surface area contributed by atoms with Crippen LogP contribution in [0.2, 0.25) is 0 Å². The number of nitrogens with one attached hydrogen (secondary N) is 6. The van der Waals surface area contributed by atoms with Crippen LogP contribution in [-0.2, 0) is 65.6 Å². The second kappa shape index (κ2) is 34.3. The van der Waals surface area contributed by atoms with Gasteiger partial charge in [0.25, 0.3) is 0 Å². The van der Waals surface area contributed by atoms with Crippen LogP contribution in [0.1, 0.15) is 115 Å². The number of primary amides is 2. The normalized spacial score (nSPS) is 17.6. The molecule has 0 aromatic heterocycles. The van der Waals surface area contributed by atoms with Crippen molar-refractivity contribution in [2.24, 2.45) is 45.3 Å². The number of benzene rings is 2. The summed E-state index contributed by atoms with van der Waals surface area (Å²) in [5.41, 5.74) is 34.8.